The lowest BCUT2D eigenvalue weighted by atomic mass is 10.3. The second-order valence-corrected chi connectivity index (χ2v) is 3.71. The third-order valence-electron chi connectivity index (χ3n) is 1.35. The van der Waals surface area contributed by atoms with Gasteiger partial charge in [0.25, 0.3) is 6.43 Å². The second-order valence-electron chi connectivity index (χ2n) is 2.23. The first-order valence-electron chi connectivity index (χ1n) is 3.22. The van der Waals surface area contributed by atoms with Gasteiger partial charge in [-0.1, -0.05) is 11.6 Å². The van der Waals surface area contributed by atoms with Crippen LogP contribution in [0.15, 0.2) is 6.07 Å². The quantitative estimate of drug-likeness (QED) is 0.361. The number of aromatic nitrogens is 1. The summed E-state index contributed by atoms with van der Waals surface area (Å²) in [6.45, 7) is 0. The summed E-state index contributed by atoms with van der Waals surface area (Å²) in [6, 6.07) is 1.01. The van der Waals surface area contributed by atoms with Crippen molar-refractivity contribution in [2.45, 2.75) is 6.43 Å². The summed E-state index contributed by atoms with van der Waals surface area (Å²) < 4.78 is 24.7. The molecule has 4 nitrogen and oxygen atoms in total. The SMILES string of the molecule is O=[N+]([O-])c1nc(I)cc(C(F)F)c1Cl. The summed E-state index contributed by atoms with van der Waals surface area (Å²) in [5, 5.41) is 9.75. The molecule has 1 aromatic rings. The molecule has 14 heavy (non-hydrogen) atoms. The van der Waals surface area contributed by atoms with Gasteiger partial charge in [-0.05, 0) is 9.91 Å². The molecule has 0 radical (unpaired) electrons. The average Bonchev–Trinajstić information content (AvgIpc) is 2.07. The molecule has 0 bridgehead atoms. The summed E-state index contributed by atoms with van der Waals surface area (Å²) in [4.78, 5) is 12.9. The minimum Gasteiger partial charge on any atom is -0.358 e. The second kappa shape index (κ2) is 4.30. The predicted molar refractivity (Wildman–Crippen MR) is 53.6 cm³/mol. The van der Waals surface area contributed by atoms with Gasteiger partial charge in [0.05, 0.1) is 0 Å². The first-order valence-corrected chi connectivity index (χ1v) is 4.67. The van der Waals surface area contributed by atoms with E-state index >= 15 is 0 Å². The molecule has 0 atom stereocenters. The Labute approximate surface area is 95.6 Å². The van der Waals surface area contributed by atoms with Crippen LogP contribution < -0.4 is 0 Å². The fourth-order valence-corrected chi connectivity index (χ4v) is 1.60. The van der Waals surface area contributed by atoms with Crippen LogP contribution in [0.2, 0.25) is 5.02 Å². The topological polar surface area (TPSA) is 56.0 Å². The maximum absolute atomic E-state index is 12.3. The Morgan fingerprint density at radius 3 is 2.64 bits per heavy atom. The van der Waals surface area contributed by atoms with Gasteiger partial charge in [0.15, 0.2) is 0 Å². The fourth-order valence-electron chi connectivity index (χ4n) is 0.783. The van der Waals surface area contributed by atoms with E-state index in [-0.39, 0.29) is 3.70 Å². The van der Waals surface area contributed by atoms with Crippen LogP contribution in [0.5, 0.6) is 0 Å². The highest BCUT2D eigenvalue weighted by Crippen LogP contribution is 2.33. The number of halogens is 4. The van der Waals surface area contributed by atoms with Gasteiger partial charge in [0, 0.05) is 34.2 Å². The van der Waals surface area contributed by atoms with E-state index in [1.165, 1.54) is 0 Å². The zero-order valence-electron chi connectivity index (χ0n) is 6.38. The molecule has 0 N–H and O–H groups in total. The maximum Gasteiger partial charge on any atom is 0.383 e. The van der Waals surface area contributed by atoms with E-state index in [9.17, 15) is 18.9 Å². The van der Waals surface area contributed by atoms with Gasteiger partial charge in [-0.3, -0.25) is 0 Å². The molecule has 0 amide bonds. The standard InChI is InChI=1S/C6H2ClF2IN2O2/c7-4-2(5(8)9)1-3(10)11-6(4)12(13)14/h1,5H. The van der Waals surface area contributed by atoms with Crippen molar-refractivity contribution in [1.29, 1.82) is 0 Å². The van der Waals surface area contributed by atoms with Gasteiger partial charge < -0.3 is 10.1 Å². The maximum atomic E-state index is 12.3. The van der Waals surface area contributed by atoms with E-state index in [4.69, 9.17) is 11.6 Å². The number of nitrogens with zero attached hydrogens (tertiary/aromatic N) is 2. The molecule has 1 heterocycles. The smallest absolute Gasteiger partial charge is 0.358 e. The molecule has 0 saturated carbocycles. The molecule has 0 fully saturated rings. The summed E-state index contributed by atoms with van der Waals surface area (Å²) in [7, 11) is 0. The lowest BCUT2D eigenvalue weighted by Crippen LogP contribution is -1.99. The number of rotatable bonds is 2. The van der Waals surface area contributed by atoms with Crippen molar-refractivity contribution in [3.8, 4) is 0 Å². The molecule has 0 spiro atoms. The summed E-state index contributed by atoms with van der Waals surface area (Å²) in [6.07, 6.45) is -2.85. The van der Waals surface area contributed by atoms with Crippen molar-refractivity contribution in [1.82, 2.24) is 4.98 Å². The Morgan fingerprint density at radius 1 is 1.64 bits per heavy atom. The Kier molecular flexibility index (Phi) is 3.53. The lowest BCUT2D eigenvalue weighted by molar-refractivity contribution is -0.389. The van der Waals surface area contributed by atoms with Gasteiger partial charge in [0.1, 0.15) is 5.02 Å². The van der Waals surface area contributed by atoms with Crippen LogP contribution in [-0.2, 0) is 0 Å². The molecule has 1 aromatic heterocycles. The van der Waals surface area contributed by atoms with E-state index in [2.05, 4.69) is 4.98 Å². The van der Waals surface area contributed by atoms with E-state index in [0.717, 1.165) is 6.07 Å². The lowest BCUT2D eigenvalue weighted by Gasteiger charge is -2.02. The van der Waals surface area contributed by atoms with Gasteiger partial charge >= 0.3 is 5.82 Å². The molecular formula is C6H2ClF2IN2O2. The molecule has 0 saturated heterocycles. The van der Waals surface area contributed by atoms with Crippen LogP contribution in [0, 0.1) is 13.8 Å². The molecule has 0 aliphatic heterocycles. The zero-order valence-corrected chi connectivity index (χ0v) is 9.29. The highest BCUT2D eigenvalue weighted by atomic mass is 127. The monoisotopic (exact) mass is 334 g/mol. The number of alkyl halides is 2. The molecule has 0 unspecified atom stereocenters. The van der Waals surface area contributed by atoms with Crippen molar-refractivity contribution < 1.29 is 13.7 Å². The molecule has 8 heteroatoms. The van der Waals surface area contributed by atoms with E-state index in [1.807, 2.05) is 0 Å². The normalized spacial score (nSPS) is 10.6. The Morgan fingerprint density at radius 2 is 2.21 bits per heavy atom. The first-order chi connectivity index (χ1) is 6.43. The van der Waals surface area contributed by atoms with Crippen LogP contribution in [-0.4, -0.2) is 9.91 Å². The summed E-state index contributed by atoms with van der Waals surface area (Å²) >= 11 is 6.99. The number of nitro groups is 1. The zero-order chi connectivity index (χ0) is 10.9. The molecule has 0 aliphatic carbocycles. The van der Waals surface area contributed by atoms with E-state index in [0.29, 0.717) is 0 Å². The fraction of sp³-hybridized carbons (Fsp3) is 0.167. The van der Waals surface area contributed by atoms with Crippen molar-refractivity contribution >= 4 is 40.0 Å². The van der Waals surface area contributed by atoms with E-state index < -0.39 is 27.8 Å². The Balaban J connectivity index is 3.40. The Bertz CT molecular complexity index is 388. The molecule has 0 aliphatic rings. The predicted octanol–water partition coefficient (Wildman–Crippen LogP) is 3.19. The Hall–Kier alpha value is -0.570. The van der Waals surface area contributed by atoms with Gasteiger partial charge in [-0.25, -0.2) is 8.78 Å². The van der Waals surface area contributed by atoms with Crippen LogP contribution >= 0.6 is 34.2 Å². The third kappa shape index (κ3) is 2.27. The minimum atomic E-state index is -2.85. The van der Waals surface area contributed by atoms with Crippen molar-refractivity contribution in [3.63, 3.8) is 0 Å². The van der Waals surface area contributed by atoms with E-state index in [1.54, 1.807) is 22.6 Å². The largest absolute Gasteiger partial charge is 0.383 e. The van der Waals surface area contributed by atoms with Crippen LogP contribution in [0.3, 0.4) is 0 Å². The summed E-state index contributed by atoms with van der Waals surface area (Å²) in [5.41, 5.74) is -0.572. The first kappa shape index (κ1) is 11.5. The number of hydrogen-bond acceptors (Lipinski definition) is 3. The van der Waals surface area contributed by atoms with Crippen molar-refractivity contribution in [2.75, 3.05) is 0 Å². The molecule has 1 rings (SSSR count). The van der Waals surface area contributed by atoms with Crippen LogP contribution in [0.25, 0.3) is 0 Å². The van der Waals surface area contributed by atoms with Crippen molar-refractivity contribution in [2.24, 2.45) is 0 Å². The molecular weight excluding hydrogens is 332 g/mol. The van der Waals surface area contributed by atoms with Gasteiger partial charge in [0.2, 0.25) is 3.70 Å². The van der Waals surface area contributed by atoms with Gasteiger partial charge in [-0.15, -0.1) is 0 Å². The minimum absolute atomic E-state index is 0.106. The molecule has 76 valence electrons. The summed E-state index contributed by atoms with van der Waals surface area (Å²) in [5.74, 6) is -0.742. The highest BCUT2D eigenvalue weighted by Gasteiger charge is 2.24. The average molecular weight is 334 g/mol. The highest BCUT2D eigenvalue weighted by molar-refractivity contribution is 14.1. The molecule has 0 aromatic carbocycles. The number of hydrogen-bond donors (Lipinski definition) is 0. The van der Waals surface area contributed by atoms with Crippen LogP contribution in [0.4, 0.5) is 14.6 Å². The van der Waals surface area contributed by atoms with Crippen LogP contribution in [0.1, 0.15) is 12.0 Å². The van der Waals surface area contributed by atoms with Gasteiger partial charge in [-0.2, -0.15) is 0 Å². The van der Waals surface area contributed by atoms with Crippen molar-refractivity contribution in [3.05, 3.63) is 30.5 Å². The third-order valence-corrected chi connectivity index (χ3v) is 2.28. The number of pyridine rings is 1.